The van der Waals surface area contributed by atoms with Crippen molar-refractivity contribution in [3.63, 3.8) is 0 Å². The monoisotopic (exact) mass is 576 g/mol. The zero-order valence-electron chi connectivity index (χ0n) is 20.8. The molecule has 5 rings (SSSR count). The Morgan fingerprint density at radius 1 is 0.368 bits per heavy atom. The molecule has 0 aliphatic heterocycles. The van der Waals surface area contributed by atoms with E-state index in [0.29, 0.717) is 20.1 Å². The number of hydrogen-bond donors (Lipinski definition) is 0. The van der Waals surface area contributed by atoms with E-state index in [2.05, 4.69) is 35.8 Å². The van der Waals surface area contributed by atoms with Crippen LogP contribution in [0.15, 0.2) is 109 Å². The summed E-state index contributed by atoms with van der Waals surface area (Å²) in [7, 11) is 0. The molecule has 0 amide bonds. The summed E-state index contributed by atoms with van der Waals surface area (Å²) in [5.41, 5.74) is 8.26. The lowest BCUT2D eigenvalue weighted by Crippen LogP contribution is -2.15. The van der Waals surface area contributed by atoms with Gasteiger partial charge in [0.2, 0.25) is 0 Å². The van der Waals surface area contributed by atoms with Gasteiger partial charge >= 0.3 is 0 Å². The van der Waals surface area contributed by atoms with Gasteiger partial charge in [0.15, 0.2) is 0 Å². The Hall–Kier alpha value is -3.14. The van der Waals surface area contributed by atoms with Crippen molar-refractivity contribution in [3.05, 3.63) is 140 Å². The lowest BCUT2D eigenvalue weighted by atomic mass is 10.0. The number of anilines is 6. The average Bonchev–Trinajstić information content (AvgIpc) is 2.91. The van der Waals surface area contributed by atoms with Crippen LogP contribution in [0.2, 0.25) is 20.1 Å². The molecule has 5 aromatic carbocycles. The molecule has 0 bridgehead atoms. The summed E-state index contributed by atoms with van der Waals surface area (Å²) < 4.78 is 0. The van der Waals surface area contributed by atoms with Crippen LogP contribution in [0.5, 0.6) is 0 Å². The van der Waals surface area contributed by atoms with E-state index >= 15 is 0 Å². The van der Waals surface area contributed by atoms with Gasteiger partial charge in [-0.05, 0) is 128 Å². The minimum atomic E-state index is 0.683. The second-order valence-corrected chi connectivity index (χ2v) is 10.7. The van der Waals surface area contributed by atoms with E-state index in [1.807, 2.05) is 97.1 Å². The van der Waals surface area contributed by atoms with E-state index in [0.717, 1.165) is 45.3 Å². The fourth-order valence-electron chi connectivity index (χ4n) is 4.53. The maximum absolute atomic E-state index is 6.24. The molecule has 0 aromatic heterocycles. The molecule has 0 unspecified atom stereocenters. The summed E-state index contributed by atoms with van der Waals surface area (Å²) in [6, 6.07) is 35.8. The van der Waals surface area contributed by atoms with Crippen molar-refractivity contribution in [1.82, 2.24) is 0 Å². The third-order valence-electron chi connectivity index (χ3n) is 6.34. The third kappa shape index (κ3) is 5.65. The Labute approximate surface area is 243 Å². The van der Waals surface area contributed by atoms with Gasteiger partial charge in [0.05, 0.1) is 11.4 Å². The van der Waals surface area contributed by atoms with Gasteiger partial charge in [-0.2, -0.15) is 0 Å². The number of hydrogen-bond acceptors (Lipinski definition) is 2. The minimum absolute atomic E-state index is 0.683. The quantitative estimate of drug-likeness (QED) is 0.198. The van der Waals surface area contributed by atoms with Crippen LogP contribution in [0.3, 0.4) is 0 Å². The molecule has 5 aromatic rings. The van der Waals surface area contributed by atoms with Crippen molar-refractivity contribution in [3.8, 4) is 0 Å². The predicted octanol–water partition coefficient (Wildman–Crippen LogP) is 11.9. The molecule has 0 radical (unpaired) electrons. The number of nitrogens with zero attached hydrogens (tertiary/aromatic N) is 2. The molecule has 0 aliphatic carbocycles. The first-order chi connectivity index (χ1) is 18.3. The first-order valence-electron chi connectivity index (χ1n) is 12.0. The van der Waals surface area contributed by atoms with Gasteiger partial charge in [0.25, 0.3) is 0 Å². The molecule has 0 aliphatic rings. The zero-order chi connectivity index (χ0) is 26.8. The van der Waals surface area contributed by atoms with E-state index in [1.54, 1.807) is 0 Å². The van der Waals surface area contributed by atoms with Gasteiger partial charge in [0, 0.05) is 42.8 Å². The molecule has 0 N–H and O–H groups in total. The van der Waals surface area contributed by atoms with Crippen LogP contribution in [0.1, 0.15) is 11.1 Å². The van der Waals surface area contributed by atoms with Crippen molar-refractivity contribution >= 4 is 80.5 Å². The summed E-state index contributed by atoms with van der Waals surface area (Å²) in [6.45, 7) is 4.25. The Kier molecular flexibility index (Phi) is 7.88. The van der Waals surface area contributed by atoms with Gasteiger partial charge in [-0.3, -0.25) is 0 Å². The van der Waals surface area contributed by atoms with Crippen LogP contribution >= 0.6 is 46.4 Å². The van der Waals surface area contributed by atoms with Crippen molar-refractivity contribution in [2.24, 2.45) is 0 Å². The summed E-state index contributed by atoms with van der Waals surface area (Å²) in [4.78, 5) is 4.43. The summed E-state index contributed by atoms with van der Waals surface area (Å²) in [6.07, 6.45) is 0. The molecule has 0 saturated carbocycles. The first kappa shape index (κ1) is 26.5. The Balaban J connectivity index is 1.73. The summed E-state index contributed by atoms with van der Waals surface area (Å²) >= 11 is 25.0. The second-order valence-electron chi connectivity index (χ2n) is 9.00. The van der Waals surface area contributed by atoms with Gasteiger partial charge in [-0.15, -0.1) is 0 Å². The molecular weight excluding hydrogens is 554 g/mol. The standard InChI is InChI=1S/C32H24Cl4N2/c1-21-19-22(2)32(38(29-15-7-25(35)8-16-29)30-17-9-26(36)10-18-30)20-31(21)37(27-11-3-23(33)4-12-27)28-13-5-24(34)6-14-28/h3-20H,1-2H3. The highest BCUT2D eigenvalue weighted by atomic mass is 35.5. The maximum Gasteiger partial charge on any atom is 0.0511 e. The van der Waals surface area contributed by atoms with Gasteiger partial charge in [0.1, 0.15) is 0 Å². The number of rotatable bonds is 6. The normalized spacial score (nSPS) is 10.9. The Morgan fingerprint density at radius 2 is 0.605 bits per heavy atom. The van der Waals surface area contributed by atoms with E-state index < -0.39 is 0 Å². The topological polar surface area (TPSA) is 6.48 Å². The smallest absolute Gasteiger partial charge is 0.0511 e. The van der Waals surface area contributed by atoms with Crippen LogP contribution in [0.4, 0.5) is 34.1 Å². The highest BCUT2D eigenvalue weighted by molar-refractivity contribution is 6.31. The van der Waals surface area contributed by atoms with Gasteiger partial charge in [-0.25, -0.2) is 0 Å². The molecule has 0 saturated heterocycles. The largest absolute Gasteiger partial charge is 0.310 e. The molecule has 38 heavy (non-hydrogen) atoms. The summed E-state index contributed by atoms with van der Waals surface area (Å²) in [5.74, 6) is 0. The van der Waals surface area contributed by atoms with Crippen LogP contribution in [-0.4, -0.2) is 0 Å². The van der Waals surface area contributed by atoms with Crippen LogP contribution in [-0.2, 0) is 0 Å². The van der Waals surface area contributed by atoms with Gasteiger partial charge in [-0.1, -0.05) is 52.5 Å². The molecule has 190 valence electrons. The Morgan fingerprint density at radius 3 is 0.842 bits per heavy atom. The van der Waals surface area contributed by atoms with Crippen molar-refractivity contribution < 1.29 is 0 Å². The molecule has 6 heteroatoms. The fourth-order valence-corrected chi connectivity index (χ4v) is 5.03. The zero-order valence-corrected chi connectivity index (χ0v) is 23.8. The van der Waals surface area contributed by atoms with Crippen molar-refractivity contribution in [2.75, 3.05) is 9.80 Å². The number of benzene rings is 5. The van der Waals surface area contributed by atoms with E-state index in [1.165, 1.54) is 0 Å². The fraction of sp³-hybridized carbons (Fsp3) is 0.0625. The molecular formula is C32H24Cl4N2. The molecule has 0 spiro atoms. The lowest BCUT2D eigenvalue weighted by molar-refractivity contribution is 1.20. The minimum Gasteiger partial charge on any atom is -0.310 e. The predicted molar refractivity (Wildman–Crippen MR) is 165 cm³/mol. The Bertz CT molecular complexity index is 1340. The number of aryl methyl sites for hydroxylation is 2. The van der Waals surface area contributed by atoms with Crippen LogP contribution in [0.25, 0.3) is 0 Å². The second kappa shape index (κ2) is 11.3. The van der Waals surface area contributed by atoms with Crippen molar-refractivity contribution in [2.45, 2.75) is 13.8 Å². The van der Waals surface area contributed by atoms with E-state index in [9.17, 15) is 0 Å². The van der Waals surface area contributed by atoms with Crippen LogP contribution in [0, 0.1) is 13.8 Å². The number of halogens is 4. The molecule has 0 fully saturated rings. The van der Waals surface area contributed by atoms with Crippen molar-refractivity contribution in [1.29, 1.82) is 0 Å². The maximum atomic E-state index is 6.24. The van der Waals surface area contributed by atoms with E-state index in [4.69, 9.17) is 46.4 Å². The highest BCUT2D eigenvalue weighted by Gasteiger charge is 2.21. The molecule has 0 atom stereocenters. The average molecular weight is 578 g/mol. The molecule has 0 heterocycles. The third-order valence-corrected chi connectivity index (χ3v) is 7.34. The van der Waals surface area contributed by atoms with Gasteiger partial charge < -0.3 is 9.80 Å². The van der Waals surface area contributed by atoms with E-state index in [-0.39, 0.29) is 0 Å². The molecule has 2 nitrogen and oxygen atoms in total. The summed E-state index contributed by atoms with van der Waals surface area (Å²) in [5, 5.41) is 2.73. The highest BCUT2D eigenvalue weighted by Crippen LogP contribution is 2.44. The lowest BCUT2D eigenvalue weighted by Gasteiger charge is -2.32. The first-order valence-corrected chi connectivity index (χ1v) is 13.5. The SMILES string of the molecule is Cc1cc(C)c(N(c2ccc(Cl)cc2)c2ccc(Cl)cc2)cc1N(c1ccc(Cl)cc1)c1ccc(Cl)cc1. The van der Waals surface area contributed by atoms with Crippen LogP contribution < -0.4 is 9.80 Å².